The standard InChI is InChI=1S/C18H19N3O4/c1-11(17-20-12-6-3-4-7-13(12)21(17)2)25-18(22)15-16(24-10-19-15)14-8-5-9-23-14/h3-4,6-7,10-11,14H,5,8-9H2,1-2H3/t11-,14+/m1/s1. The number of oxazole rings is 1. The van der Waals surface area contributed by atoms with E-state index in [9.17, 15) is 4.79 Å². The Labute approximate surface area is 144 Å². The van der Waals surface area contributed by atoms with Crippen molar-refractivity contribution in [2.24, 2.45) is 7.05 Å². The average Bonchev–Trinajstić information content (AvgIpc) is 3.34. The lowest BCUT2D eigenvalue weighted by Gasteiger charge is -2.13. The minimum absolute atomic E-state index is 0.178. The number of carbonyl (C=O) groups is 1. The van der Waals surface area contributed by atoms with Crippen LogP contribution in [-0.2, 0) is 16.5 Å². The van der Waals surface area contributed by atoms with Crippen molar-refractivity contribution in [3.8, 4) is 0 Å². The fraction of sp³-hybridized carbons (Fsp3) is 0.389. The second-order valence-electron chi connectivity index (χ2n) is 6.13. The summed E-state index contributed by atoms with van der Waals surface area (Å²) in [6, 6.07) is 7.79. The largest absolute Gasteiger partial charge is 0.450 e. The SMILES string of the molecule is C[C@@H](OC(=O)c1ncoc1[C@@H]1CCCO1)c1nc2ccccc2n1C. The van der Waals surface area contributed by atoms with Crippen molar-refractivity contribution in [1.29, 1.82) is 0 Å². The molecule has 1 aliphatic rings. The van der Waals surface area contributed by atoms with E-state index in [0.717, 1.165) is 23.9 Å². The lowest BCUT2D eigenvalue weighted by molar-refractivity contribution is 0.0294. The first-order valence-electron chi connectivity index (χ1n) is 8.32. The molecule has 1 fully saturated rings. The molecule has 0 aliphatic carbocycles. The van der Waals surface area contributed by atoms with Gasteiger partial charge in [-0.3, -0.25) is 0 Å². The number of rotatable bonds is 4. The minimum Gasteiger partial charge on any atom is -0.450 e. The van der Waals surface area contributed by atoms with Crippen molar-refractivity contribution < 1.29 is 18.7 Å². The minimum atomic E-state index is -0.529. The molecule has 7 heteroatoms. The van der Waals surface area contributed by atoms with Gasteiger partial charge in [-0.15, -0.1) is 0 Å². The highest BCUT2D eigenvalue weighted by Gasteiger charge is 2.30. The number of aromatic nitrogens is 3. The van der Waals surface area contributed by atoms with E-state index in [4.69, 9.17) is 13.9 Å². The fourth-order valence-electron chi connectivity index (χ4n) is 3.22. The van der Waals surface area contributed by atoms with Crippen LogP contribution in [0.15, 0.2) is 35.1 Å². The Bertz CT molecular complexity index is 908. The molecule has 0 unspecified atom stereocenters. The Morgan fingerprint density at radius 3 is 3.00 bits per heavy atom. The molecule has 2 aromatic heterocycles. The molecule has 130 valence electrons. The molecule has 0 spiro atoms. The van der Waals surface area contributed by atoms with E-state index in [-0.39, 0.29) is 11.8 Å². The molecule has 0 radical (unpaired) electrons. The van der Waals surface area contributed by atoms with Gasteiger partial charge in [0, 0.05) is 13.7 Å². The van der Waals surface area contributed by atoms with Gasteiger partial charge in [0.05, 0.1) is 11.0 Å². The van der Waals surface area contributed by atoms with Gasteiger partial charge in [0.15, 0.2) is 29.8 Å². The van der Waals surface area contributed by atoms with Crippen molar-refractivity contribution in [2.75, 3.05) is 6.61 Å². The van der Waals surface area contributed by atoms with Crippen LogP contribution in [0.2, 0.25) is 0 Å². The highest BCUT2D eigenvalue weighted by Crippen LogP contribution is 2.31. The highest BCUT2D eigenvalue weighted by atomic mass is 16.5. The highest BCUT2D eigenvalue weighted by molar-refractivity contribution is 5.88. The summed E-state index contributed by atoms with van der Waals surface area (Å²) >= 11 is 0. The lowest BCUT2D eigenvalue weighted by atomic mass is 10.1. The summed E-state index contributed by atoms with van der Waals surface area (Å²) in [6.07, 6.45) is 2.27. The number of imidazole rings is 1. The zero-order valence-electron chi connectivity index (χ0n) is 14.1. The molecule has 1 aliphatic heterocycles. The third kappa shape index (κ3) is 2.80. The molecule has 0 saturated carbocycles. The first-order chi connectivity index (χ1) is 12.1. The first kappa shape index (κ1) is 15.8. The molecule has 7 nitrogen and oxygen atoms in total. The second kappa shape index (κ2) is 6.33. The molecule has 4 rings (SSSR count). The van der Waals surface area contributed by atoms with Crippen molar-refractivity contribution in [3.63, 3.8) is 0 Å². The monoisotopic (exact) mass is 341 g/mol. The van der Waals surface area contributed by atoms with E-state index in [1.807, 2.05) is 35.9 Å². The quantitative estimate of drug-likeness (QED) is 0.677. The molecule has 3 heterocycles. The van der Waals surface area contributed by atoms with Gasteiger partial charge in [-0.25, -0.2) is 14.8 Å². The van der Waals surface area contributed by atoms with E-state index < -0.39 is 12.1 Å². The summed E-state index contributed by atoms with van der Waals surface area (Å²) in [5, 5.41) is 0. The normalized spacial score (nSPS) is 18.6. The summed E-state index contributed by atoms with van der Waals surface area (Å²) in [4.78, 5) is 21.1. The van der Waals surface area contributed by atoms with Gasteiger partial charge in [-0.05, 0) is 31.9 Å². The third-order valence-electron chi connectivity index (χ3n) is 4.48. The van der Waals surface area contributed by atoms with Gasteiger partial charge in [0.25, 0.3) is 0 Å². The van der Waals surface area contributed by atoms with Crippen LogP contribution in [0, 0.1) is 0 Å². The predicted molar refractivity (Wildman–Crippen MR) is 89.0 cm³/mol. The molecule has 25 heavy (non-hydrogen) atoms. The van der Waals surface area contributed by atoms with Crippen LogP contribution in [0.3, 0.4) is 0 Å². The Morgan fingerprint density at radius 1 is 1.40 bits per heavy atom. The second-order valence-corrected chi connectivity index (χ2v) is 6.13. The topological polar surface area (TPSA) is 79.4 Å². The molecule has 2 atom stereocenters. The van der Waals surface area contributed by atoms with Crippen LogP contribution in [0.25, 0.3) is 11.0 Å². The Balaban J connectivity index is 1.56. The number of nitrogens with zero attached hydrogens (tertiary/aromatic N) is 3. The number of hydrogen-bond donors (Lipinski definition) is 0. The van der Waals surface area contributed by atoms with Gasteiger partial charge in [0.2, 0.25) is 0 Å². The van der Waals surface area contributed by atoms with Crippen molar-refractivity contribution >= 4 is 17.0 Å². The number of ether oxygens (including phenoxy) is 2. The number of hydrogen-bond acceptors (Lipinski definition) is 6. The van der Waals surface area contributed by atoms with E-state index in [0.29, 0.717) is 18.2 Å². The van der Waals surface area contributed by atoms with Crippen molar-refractivity contribution in [1.82, 2.24) is 14.5 Å². The molecule has 0 amide bonds. The molecule has 1 saturated heterocycles. The smallest absolute Gasteiger partial charge is 0.361 e. The summed E-state index contributed by atoms with van der Waals surface area (Å²) in [5.41, 5.74) is 2.03. The lowest BCUT2D eigenvalue weighted by Crippen LogP contribution is -2.15. The molecule has 0 N–H and O–H groups in total. The van der Waals surface area contributed by atoms with E-state index in [2.05, 4.69) is 9.97 Å². The number of para-hydroxylation sites is 2. The van der Waals surface area contributed by atoms with Gasteiger partial charge < -0.3 is 18.5 Å². The molecule has 0 bridgehead atoms. The number of aryl methyl sites for hydroxylation is 1. The Hall–Kier alpha value is -2.67. The molecular formula is C18H19N3O4. The molecule has 3 aromatic rings. The van der Waals surface area contributed by atoms with E-state index in [1.165, 1.54) is 6.39 Å². The Morgan fingerprint density at radius 2 is 2.24 bits per heavy atom. The molecular weight excluding hydrogens is 322 g/mol. The summed E-state index contributed by atoms with van der Waals surface area (Å²) in [7, 11) is 1.91. The summed E-state index contributed by atoms with van der Waals surface area (Å²) in [5.74, 6) is 0.593. The predicted octanol–water partition coefficient (Wildman–Crippen LogP) is 3.33. The zero-order valence-corrected chi connectivity index (χ0v) is 14.1. The maximum atomic E-state index is 12.6. The third-order valence-corrected chi connectivity index (χ3v) is 4.48. The van der Waals surface area contributed by atoms with Gasteiger partial charge in [-0.2, -0.15) is 0 Å². The van der Waals surface area contributed by atoms with E-state index >= 15 is 0 Å². The zero-order chi connectivity index (χ0) is 17.4. The number of carbonyl (C=O) groups excluding carboxylic acids is 1. The van der Waals surface area contributed by atoms with Gasteiger partial charge in [-0.1, -0.05) is 12.1 Å². The summed E-state index contributed by atoms with van der Waals surface area (Å²) < 4.78 is 18.5. The maximum Gasteiger partial charge on any atom is 0.361 e. The van der Waals surface area contributed by atoms with Crippen LogP contribution < -0.4 is 0 Å². The maximum absolute atomic E-state index is 12.6. The summed E-state index contributed by atoms with van der Waals surface area (Å²) in [6.45, 7) is 2.46. The first-order valence-corrected chi connectivity index (χ1v) is 8.32. The van der Waals surface area contributed by atoms with Crippen molar-refractivity contribution in [3.05, 3.63) is 47.9 Å². The average molecular weight is 341 g/mol. The van der Waals surface area contributed by atoms with Crippen LogP contribution in [0.1, 0.15) is 54.0 Å². The van der Waals surface area contributed by atoms with E-state index in [1.54, 1.807) is 6.92 Å². The number of benzene rings is 1. The van der Waals surface area contributed by atoms with Crippen LogP contribution in [-0.4, -0.2) is 27.1 Å². The Kier molecular flexibility index (Phi) is 4.01. The van der Waals surface area contributed by atoms with Crippen LogP contribution >= 0.6 is 0 Å². The van der Waals surface area contributed by atoms with Crippen LogP contribution in [0.5, 0.6) is 0 Å². The number of esters is 1. The fourth-order valence-corrected chi connectivity index (χ4v) is 3.22. The molecule has 1 aromatic carbocycles. The van der Waals surface area contributed by atoms with Crippen molar-refractivity contribution in [2.45, 2.75) is 32.0 Å². The van der Waals surface area contributed by atoms with Gasteiger partial charge in [0.1, 0.15) is 6.10 Å². The number of fused-ring (bicyclic) bond motifs is 1. The van der Waals surface area contributed by atoms with Crippen LogP contribution in [0.4, 0.5) is 0 Å². The van der Waals surface area contributed by atoms with Gasteiger partial charge >= 0.3 is 5.97 Å².